The second-order valence-corrected chi connectivity index (χ2v) is 10.2. The highest BCUT2D eigenvalue weighted by Gasteiger charge is 2.33. The average Bonchev–Trinajstić information content (AvgIpc) is 2.84. The molecule has 25 heavy (non-hydrogen) atoms. The molecule has 0 N–H and O–H groups in total. The van der Waals surface area contributed by atoms with Gasteiger partial charge in [0.15, 0.2) is 0 Å². The highest BCUT2D eigenvalue weighted by molar-refractivity contribution is 7.89. The van der Waals surface area contributed by atoms with Crippen molar-refractivity contribution < 1.29 is 13.2 Å². The largest absolute Gasteiger partial charge is 0.379 e. The molecule has 1 aliphatic carbocycles. The molecule has 1 saturated heterocycles. The van der Waals surface area contributed by atoms with Crippen LogP contribution in [-0.4, -0.2) is 48.8 Å². The Morgan fingerprint density at radius 3 is 2.36 bits per heavy atom. The van der Waals surface area contributed by atoms with Crippen molar-refractivity contribution in [1.29, 1.82) is 0 Å². The van der Waals surface area contributed by atoms with E-state index in [0.717, 1.165) is 12.2 Å². The van der Waals surface area contributed by atoms with Crippen LogP contribution in [-0.2, 0) is 21.3 Å². The fourth-order valence-corrected chi connectivity index (χ4v) is 5.81. The Labute approximate surface area is 151 Å². The normalized spacial score (nSPS) is 23.0. The molecule has 1 aromatic heterocycles. The third kappa shape index (κ3) is 3.93. The predicted octanol–water partition coefficient (Wildman–Crippen LogP) is 2.74. The van der Waals surface area contributed by atoms with E-state index >= 15 is 0 Å². The number of ether oxygens (including phenoxy) is 1. The summed E-state index contributed by atoms with van der Waals surface area (Å²) in [7, 11) is -3.49. The van der Waals surface area contributed by atoms with E-state index in [1.807, 2.05) is 11.6 Å². The molecule has 0 unspecified atom stereocenters. The Morgan fingerprint density at radius 1 is 1.16 bits per heavy atom. The van der Waals surface area contributed by atoms with Gasteiger partial charge in [-0.25, -0.2) is 8.42 Å². The van der Waals surface area contributed by atoms with Crippen molar-refractivity contribution in [3.63, 3.8) is 0 Å². The minimum absolute atomic E-state index is 0.394. The van der Waals surface area contributed by atoms with Crippen molar-refractivity contribution >= 4 is 10.0 Å². The number of hydrogen-bond donors (Lipinski definition) is 0. The van der Waals surface area contributed by atoms with Crippen LogP contribution in [0.15, 0.2) is 4.90 Å². The van der Waals surface area contributed by atoms with E-state index in [4.69, 9.17) is 4.74 Å². The van der Waals surface area contributed by atoms with Gasteiger partial charge in [0.1, 0.15) is 4.90 Å². The summed E-state index contributed by atoms with van der Waals surface area (Å²) in [5, 5.41) is 4.58. The summed E-state index contributed by atoms with van der Waals surface area (Å²) >= 11 is 0. The van der Waals surface area contributed by atoms with Crippen LogP contribution in [0.4, 0.5) is 0 Å². The molecule has 1 saturated carbocycles. The van der Waals surface area contributed by atoms with Crippen LogP contribution in [0.1, 0.15) is 50.9 Å². The van der Waals surface area contributed by atoms with Gasteiger partial charge in [0, 0.05) is 19.6 Å². The summed E-state index contributed by atoms with van der Waals surface area (Å²) in [6, 6.07) is 0. The number of sulfonamides is 1. The van der Waals surface area contributed by atoms with Crippen molar-refractivity contribution in [3.05, 3.63) is 11.4 Å². The van der Waals surface area contributed by atoms with Crippen molar-refractivity contribution in [2.45, 2.75) is 64.8 Å². The molecular formula is C18H31N3O3S. The molecule has 6 nitrogen and oxygen atoms in total. The maximum atomic E-state index is 13.0. The van der Waals surface area contributed by atoms with Crippen LogP contribution in [0.25, 0.3) is 0 Å². The van der Waals surface area contributed by atoms with Gasteiger partial charge in [0.2, 0.25) is 10.0 Å². The molecular weight excluding hydrogens is 338 g/mol. The molecule has 0 amide bonds. The molecule has 1 aromatic rings. The van der Waals surface area contributed by atoms with E-state index in [2.05, 4.69) is 18.9 Å². The number of aryl methyl sites for hydroxylation is 1. The van der Waals surface area contributed by atoms with E-state index in [0.29, 0.717) is 48.2 Å². The van der Waals surface area contributed by atoms with Gasteiger partial charge >= 0.3 is 0 Å². The second-order valence-electron chi connectivity index (χ2n) is 8.31. The van der Waals surface area contributed by atoms with Gasteiger partial charge in [0.05, 0.1) is 24.6 Å². The van der Waals surface area contributed by atoms with Gasteiger partial charge in [-0.1, -0.05) is 13.8 Å². The van der Waals surface area contributed by atoms with E-state index in [9.17, 15) is 8.42 Å². The minimum Gasteiger partial charge on any atom is -0.379 e. The highest BCUT2D eigenvalue weighted by atomic mass is 32.2. The summed E-state index contributed by atoms with van der Waals surface area (Å²) in [5.41, 5.74) is 1.82. The molecule has 0 bridgehead atoms. The predicted molar refractivity (Wildman–Crippen MR) is 97.0 cm³/mol. The Morgan fingerprint density at radius 2 is 1.76 bits per heavy atom. The van der Waals surface area contributed by atoms with Crippen LogP contribution in [0.3, 0.4) is 0 Å². The summed E-state index contributed by atoms with van der Waals surface area (Å²) in [4.78, 5) is 0.394. The number of rotatable bonds is 4. The minimum atomic E-state index is -3.49. The monoisotopic (exact) mass is 369 g/mol. The van der Waals surface area contributed by atoms with Crippen LogP contribution in [0.2, 0.25) is 0 Å². The standard InChI is InChI=1S/C18H31N3O3S/c1-14-17(25(22,23)20-9-11-24-12-10-20)15(2)21(19-14)13-16-5-7-18(3,4)8-6-16/h16H,5-13H2,1-4H3. The summed E-state index contributed by atoms with van der Waals surface area (Å²) in [5.74, 6) is 0.588. The molecule has 3 rings (SSSR count). The van der Waals surface area contributed by atoms with Crippen molar-refractivity contribution in [3.8, 4) is 0 Å². The van der Waals surface area contributed by atoms with E-state index in [1.165, 1.54) is 30.0 Å². The molecule has 0 spiro atoms. The lowest BCUT2D eigenvalue weighted by atomic mass is 9.73. The first-order valence-corrected chi connectivity index (χ1v) is 10.8. The van der Waals surface area contributed by atoms with E-state index < -0.39 is 10.0 Å². The third-order valence-electron chi connectivity index (χ3n) is 5.77. The first kappa shape index (κ1) is 18.9. The van der Waals surface area contributed by atoms with Gasteiger partial charge in [-0.3, -0.25) is 4.68 Å². The summed E-state index contributed by atoms with van der Waals surface area (Å²) in [6.07, 6.45) is 4.85. The quantitative estimate of drug-likeness (QED) is 0.819. The number of aromatic nitrogens is 2. The fraction of sp³-hybridized carbons (Fsp3) is 0.833. The maximum absolute atomic E-state index is 13.0. The lowest BCUT2D eigenvalue weighted by molar-refractivity contribution is 0.0730. The van der Waals surface area contributed by atoms with E-state index in [-0.39, 0.29) is 0 Å². The first-order valence-electron chi connectivity index (χ1n) is 9.33. The number of morpholine rings is 1. The van der Waals surface area contributed by atoms with Gasteiger partial charge in [-0.2, -0.15) is 9.40 Å². The zero-order valence-electron chi connectivity index (χ0n) is 15.9. The van der Waals surface area contributed by atoms with Gasteiger partial charge in [0.25, 0.3) is 0 Å². The smallest absolute Gasteiger partial charge is 0.246 e. The van der Waals surface area contributed by atoms with E-state index in [1.54, 1.807) is 6.92 Å². The summed E-state index contributed by atoms with van der Waals surface area (Å²) < 4.78 is 34.8. The zero-order valence-corrected chi connectivity index (χ0v) is 16.7. The first-order chi connectivity index (χ1) is 11.7. The Bertz CT molecular complexity index is 708. The number of hydrogen-bond acceptors (Lipinski definition) is 4. The van der Waals surface area contributed by atoms with Crippen LogP contribution in [0.5, 0.6) is 0 Å². The molecule has 1 aliphatic heterocycles. The second kappa shape index (κ2) is 7.00. The van der Waals surface area contributed by atoms with Crippen LogP contribution < -0.4 is 0 Å². The third-order valence-corrected chi connectivity index (χ3v) is 7.92. The molecule has 2 fully saturated rings. The van der Waals surface area contributed by atoms with Crippen molar-refractivity contribution in [2.75, 3.05) is 26.3 Å². The summed E-state index contributed by atoms with van der Waals surface area (Å²) in [6.45, 7) is 10.9. The van der Waals surface area contributed by atoms with Gasteiger partial charge in [-0.15, -0.1) is 0 Å². The van der Waals surface area contributed by atoms with Crippen LogP contribution in [0, 0.1) is 25.2 Å². The van der Waals surface area contributed by atoms with Gasteiger partial charge in [-0.05, 0) is 50.9 Å². The number of nitrogens with zero attached hydrogens (tertiary/aromatic N) is 3. The Hall–Kier alpha value is -0.920. The van der Waals surface area contributed by atoms with Gasteiger partial charge < -0.3 is 4.74 Å². The molecule has 0 radical (unpaired) electrons. The molecule has 2 aliphatic rings. The maximum Gasteiger partial charge on any atom is 0.246 e. The Kier molecular flexibility index (Phi) is 5.28. The average molecular weight is 370 g/mol. The molecule has 142 valence electrons. The topological polar surface area (TPSA) is 64.4 Å². The molecule has 2 heterocycles. The highest BCUT2D eigenvalue weighted by Crippen LogP contribution is 2.38. The Balaban J connectivity index is 1.79. The molecule has 0 atom stereocenters. The van der Waals surface area contributed by atoms with Crippen molar-refractivity contribution in [1.82, 2.24) is 14.1 Å². The zero-order chi connectivity index (χ0) is 18.2. The fourth-order valence-electron chi connectivity index (χ4n) is 4.03. The molecule has 0 aromatic carbocycles. The lowest BCUT2D eigenvalue weighted by Gasteiger charge is -2.34. The van der Waals surface area contributed by atoms with Crippen LogP contribution >= 0.6 is 0 Å². The SMILES string of the molecule is Cc1nn(CC2CCC(C)(C)CC2)c(C)c1S(=O)(=O)N1CCOCC1. The lowest BCUT2D eigenvalue weighted by Crippen LogP contribution is -2.41. The molecule has 7 heteroatoms. The van der Waals surface area contributed by atoms with Crippen molar-refractivity contribution in [2.24, 2.45) is 11.3 Å².